The molecule has 1 aliphatic carbocycles. The Hall–Kier alpha value is -0.990. The van der Waals surface area contributed by atoms with Crippen LogP contribution in [0.5, 0.6) is 0 Å². The largest absolute Gasteiger partial charge is 0.345 e. The Morgan fingerprint density at radius 2 is 2.06 bits per heavy atom. The molecule has 1 fully saturated rings. The Labute approximate surface area is 113 Å². The van der Waals surface area contributed by atoms with E-state index >= 15 is 0 Å². The average molecular weight is 263 g/mol. The zero-order valence-corrected chi connectivity index (χ0v) is 11.3. The number of hydrogen-bond acceptors (Lipinski definition) is 1. The molecule has 0 spiro atoms. The van der Waals surface area contributed by atoms with Gasteiger partial charge in [0, 0.05) is 30.7 Å². The minimum atomic E-state index is 0.738. The van der Waals surface area contributed by atoms with E-state index in [-0.39, 0.29) is 0 Å². The molecule has 1 heterocycles. The number of rotatable bonds is 4. The van der Waals surface area contributed by atoms with Crippen molar-refractivity contribution in [2.45, 2.75) is 38.3 Å². The molecule has 2 aromatic rings. The SMILES string of the molecule is Clc1cccc2ccn(CCNC3CCCC3)c12. The van der Waals surface area contributed by atoms with Crippen LogP contribution < -0.4 is 5.32 Å². The predicted octanol–water partition coefficient (Wildman–Crippen LogP) is 3.83. The van der Waals surface area contributed by atoms with Crippen molar-refractivity contribution in [1.29, 1.82) is 0 Å². The van der Waals surface area contributed by atoms with E-state index in [4.69, 9.17) is 11.6 Å². The Morgan fingerprint density at radius 3 is 2.89 bits per heavy atom. The van der Waals surface area contributed by atoms with Crippen molar-refractivity contribution in [3.8, 4) is 0 Å². The number of nitrogens with zero attached hydrogens (tertiary/aromatic N) is 1. The van der Waals surface area contributed by atoms with Gasteiger partial charge in [0.05, 0.1) is 10.5 Å². The lowest BCUT2D eigenvalue weighted by Crippen LogP contribution is -2.29. The number of aromatic nitrogens is 1. The minimum Gasteiger partial charge on any atom is -0.345 e. The number of benzene rings is 1. The fourth-order valence-electron chi connectivity index (χ4n) is 2.92. The molecule has 0 radical (unpaired) electrons. The van der Waals surface area contributed by atoms with Crippen molar-refractivity contribution in [2.75, 3.05) is 6.54 Å². The van der Waals surface area contributed by atoms with Crippen molar-refractivity contribution in [1.82, 2.24) is 9.88 Å². The molecule has 0 bridgehead atoms. The lowest BCUT2D eigenvalue weighted by atomic mass is 10.2. The van der Waals surface area contributed by atoms with Gasteiger partial charge in [0.2, 0.25) is 0 Å². The fourth-order valence-corrected chi connectivity index (χ4v) is 3.21. The molecule has 18 heavy (non-hydrogen) atoms. The van der Waals surface area contributed by atoms with Crippen LogP contribution in [0.1, 0.15) is 25.7 Å². The lowest BCUT2D eigenvalue weighted by Gasteiger charge is -2.13. The molecule has 1 aliphatic rings. The number of halogens is 1. The Kier molecular flexibility index (Phi) is 3.57. The molecule has 0 saturated heterocycles. The van der Waals surface area contributed by atoms with Crippen LogP contribution in [-0.4, -0.2) is 17.2 Å². The van der Waals surface area contributed by atoms with Crippen LogP contribution in [-0.2, 0) is 6.54 Å². The molecule has 0 unspecified atom stereocenters. The van der Waals surface area contributed by atoms with Crippen molar-refractivity contribution >= 4 is 22.5 Å². The quantitative estimate of drug-likeness (QED) is 0.886. The first-order valence-corrected chi connectivity index (χ1v) is 7.19. The van der Waals surface area contributed by atoms with E-state index in [0.29, 0.717) is 0 Å². The molecular formula is C15H19ClN2. The highest BCUT2D eigenvalue weighted by Crippen LogP contribution is 2.24. The Balaban J connectivity index is 1.67. The van der Waals surface area contributed by atoms with Gasteiger partial charge in [-0.1, -0.05) is 36.6 Å². The van der Waals surface area contributed by atoms with E-state index in [1.54, 1.807) is 0 Å². The van der Waals surface area contributed by atoms with Crippen molar-refractivity contribution in [3.63, 3.8) is 0 Å². The molecular weight excluding hydrogens is 244 g/mol. The summed E-state index contributed by atoms with van der Waals surface area (Å²) in [5.41, 5.74) is 1.16. The summed E-state index contributed by atoms with van der Waals surface area (Å²) in [6.07, 6.45) is 7.58. The van der Waals surface area contributed by atoms with Crippen LogP contribution in [0.25, 0.3) is 10.9 Å². The first kappa shape index (κ1) is 12.1. The number of nitrogens with one attached hydrogen (secondary N) is 1. The summed E-state index contributed by atoms with van der Waals surface area (Å²) >= 11 is 6.27. The van der Waals surface area contributed by atoms with Crippen molar-refractivity contribution in [3.05, 3.63) is 35.5 Å². The standard InChI is InChI=1S/C15H19ClN2/c16-14-7-3-4-12-8-10-18(15(12)14)11-9-17-13-5-1-2-6-13/h3-4,7-8,10,13,17H,1-2,5-6,9,11H2. The third-order valence-corrected chi connectivity index (χ3v) is 4.19. The lowest BCUT2D eigenvalue weighted by molar-refractivity contribution is 0.501. The van der Waals surface area contributed by atoms with Crippen LogP contribution in [0.3, 0.4) is 0 Å². The zero-order valence-electron chi connectivity index (χ0n) is 10.5. The summed E-state index contributed by atoms with van der Waals surface area (Å²) in [5.74, 6) is 0. The van der Waals surface area contributed by atoms with E-state index < -0.39 is 0 Å². The highest BCUT2D eigenvalue weighted by Gasteiger charge is 2.13. The van der Waals surface area contributed by atoms with Gasteiger partial charge in [0.1, 0.15) is 0 Å². The molecule has 1 saturated carbocycles. The van der Waals surface area contributed by atoms with E-state index in [9.17, 15) is 0 Å². The van der Waals surface area contributed by atoms with E-state index in [2.05, 4.69) is 28.2 Å². The van der Waals surface area contributed by atoms with Crippen molar-refractivity contribution in [2.24, 2.45) is 0 Å². The molecule has 3 rings (SSSR count). The monoisotopic (exact) mass is 262 g/mol. The van der Waals surface area contributed by atoms with Crippen LogP contribution in [0, 0.1) is 0 Å². The van der Waals surface area contributed by atoms with Crippen LogP contribution >= 0.6 is 11.6 Å². The second-order valence-electron chi connectivity index (χ2n) is 5.12. The van der Waals surface area contributed by atoms with E-state index in [1.165, 1.54) is 31.1 Å². The minimum absolute atomic E-state index is 0.738. The van der Waals surface area contributed by atoms with Crippen LogP contribution in [0.4, 0.5) is 0 Å². The number of hydrogen-bond donors (Lipinski definition) is 1. The topological polar surface area (TPSA) is 17.0 Å². The van der Waals surface area contributed by atoms with E-state index in [0.717, 1.165) is 29.7 Å². The smallest absolute Gasteiger partial charge is 0.0670 e. The normalized spacial score (nSPS) is 16.7. The summed E-state index contributed by atoms with van der Waals surface area (Å²) in [6.45, 7) is 2.02. The molecule has 1 aromatic carbocycles. The summed E-state index contributed by atoms with van der Waals surface area (Å²) in [6, 6.07) is 8.96. The van der Waals surface area contributed by atoms with Gasteiger partial charge in [0.25, 0.3) is 0 Å². The van der Waals surface area contributed by atoms with Gasteiger partial charge in [-0.05, 0) is 25.0 Å². The van der Waals surface area contributed by atoms with E-state index in [1.807, 2.05) is 12.1 Å². The average Bonchev–Trinajstić information content (AvgIpc) is 3.00. The maximum absolute atomic E-state index is 6.27. The second kappa shape index (κ2) is 5.33. The summed E-state index contributed by atoms with van der Waals surface area (Å²) < 4.78 is 2.25. The number of fused-ring (bicyclic) bond motifs is 1. The molecule has 3 heteroatoms. The number of para-hydroxylation sites is 1. The third kappa shape index (κ3) is 2.40. The van der Waals surface area contributed by atoms with Gasteiger partial charge in [-0.2, -0.15) is 0 Å². The Morgan fingerprint density at radius 1 is 1.22 bits per heavy atom. The predicted molar refractivity (Wildman–Crippen MR) is 77.2 cm³/mol. The van der Waals surface area contributed by atoms with Gasteiger partial charge in [-0.3, -0.25) is 0 Å². The molecule has 1 aromatic heterocycles. The summed E-state index contributed by atoms with van der Waals surface area (Å²) in [5, 5.41) is 5.71. The first-order chi connectivity index (χ1) is 8.84. The van der Waals surface area contributed by atoms with Crippen LogP contribution in [0.15, 0.2) is 30.5 Å². The maximum atomic E-state index is 6.27. The van der Waals surface area contributed by atoms with Crippen molar-refractivity contribution < 1.29 is 0 Å². The molecule has 1 N–H and O–H groups in total. The molecule has 0 atom stereocenters. The fraction of sp³-hybridized carbons (Fsp3) is 0.467. The van der Waals surface area contributed by atoms with Gasteiger partial charge >= 0.3 is 0 Å². The van der Waals surface area contributed by atoms with Gasteiger partial charge in [-0.25, -0.2) is 0 Å². The van der Waals surface area contributed by atoms with Gasteiger partial charge in [-0.15, -0.1) is 0 Å². The molecule has 0 amide bonds. The van der Waals surface area contributed by atoms with Gasteiger partial charge < -0.3 is 9.88 Å². The second-order valence-corrected chi connectivity index (χ2v) is 5.53. The molecule has 0 aliphatic heterocycles. The van der Waals surface area contributed by atoms with Crippen LogP contribution in [0.2, 0.25) is 5.02 Å². The summed E-state index contributed by atoms with van der Waals surface area (Å²) in [7, 11) is 0. The maximum Gasteiger partial charge on any atom is 0.0670 e. The zero-order chi connectivity index (χ0) is 12.4. The molecule has 2 nitrogen and oxygen atoms in total. The highest BCUT2D eigenvalue weighted by atomic mass is 35.5. The third-order valence-electron chi connectivity index (χ3n) is 3.88. The Bertz CT molecular complexity index is 526. The van der Waals surface area contributed by atoms with Gasteiger partial charge in [0.15, 0.2) is 0 Å². The molecule has 96 valence electrons. The summed E-state index contributed by atoms with van der Waals surface area (Å²) in [4.78, 5) is 0. The highest BCUT2D eigenvalue weighted by molar-refractivity contribution is 6.35. The first-order valence-electron chi connectivity index (χ1n) is 6.81.